The third-order valence-electron chi connectivity index (χ3n) is 3.26. The fraction of sp³-hybridized carbons (Fsp3) is 0.125. The van der Waals surface area contributed by atoms with Gasteiger partial charge in [0.15, 0.2) is 0 Å². The molecule has 0 bridgehead atoms. The highest BCUT2D eigenvalue weighted by molar-refractivity contribution is 5.97. The molecule has 0 amide bonds. The fourth-order valence-corrected chi connectivity index (χ4v) is 2.29. The molecule has 20 heavy (non-hydrogen) atoms. The predicted octanol–water partition coefficient (Wildman–Crippen LogP) is 3.02. The average Bonchev–Trinajstić information content (AvgIpc) is 3.01. The quantitative estimate of drug-likeness (QED) is 0.786. The van der Waals surface area contributed by atoms with Gasteiger partial charge in [-0.1, -0.05) is 24.3 Å². The van der Waals surface area contributed by atoms with E-state index in [-0.39, 0.29) is 0 Å². The summed E-state index contributed by atoms with van der Waals surface area (Å²) in [6.45, 7) is 1.60. The van der Waals surface area contributed by atoms with E-state index in [2.05, 4.69) is 16.5 Å². The maximum absolute atomic E-state index is 9.15. The second-order valence-corrected chi connectivity index (χ2v) is 4.51. The Hall–Kier alpha value is -2.80. The minimum absolute atomic E-state index is 0.707. The van der Waals surface area contributed by atoms with Crippen molar-refractivity contribution in [2.45, 2.75) is 6.54 Å². The summed E-state index contributed by atoms with van der Waals surface area (Å²) in [5.74, 6) is 0. The van der Waals surface area contributed by atoms with Crippen molar-refractivity contribution >= 4 is 16.5 Å². The summed E-state index contributed by atoms with van der Waals surface area (Å²) in [4.78, 5) is 0. The third-order valence-corrected chi connectivity index (χ3v) is 3.26. The number of hydrogen-bond acceptors (Lipinski definition) is 3. The Morgan fingerprint density at radius 3 is 2.70 bits per heavy atom. The van der Waals surface area contributed by atoms with Crippen molar-refractivity contribution in [3.05, 3.63) is 60.4 Å². The minimum atomic E-state index is 0.707. The Kier molecular flexibility index (Phi) is 3.34. The van der Waals surface area contributed by atoms with Gasteiger partial charge in [-0.05, 0) is 18.2 Å². The van der Waals surface area contributed by atoms with Crippen LogP contribution in [-0.4, -0.2) is 16.3 Å². The van der Waals surface area contributed by atoms with Gasteiger partial charge >= 0.3 is 0 Å². The highest BCUT2D eigenvalue weighted by Crippen LogP contribution is 2.26. The van der Waals surface area contributed by atoms with Crippen LogP contribution >= 0.6 is 0 Å². The normalized spacial score (nSPS) is 10.3. The highest BCUT2D eigenvalue weighted by atomic mass is 15.3. The molecule has 1 N–H and O–H groups in total. The predicted molar refractivity (Wildman–Crippen MR) is 79.4 cm³/mol. The summed E-state index contributed by atoms with van der Waals surface area (Å²) in [5.41, 5.74) is 1.75. The van der Waals surface area contributed by atoms with E-state index in [9.17, 15) is 0 Å². The van der Waals surface area contributed by atoms with Gasteiger partial charge in [-0.2, -0.15) is 10.4 Å². The monoisotopic (exact) mass is 262 g/mol. The first-order valence-electron chi connectivity index (χ1n) is 6.51. The number of fused-ring (bicyclic) bond motifs is 1. The van der Waals surface area contributed by atoms with Crippen LogP contribution < -0.4 is 5.32 Å². The molecule has 1 aromatic heterocycles. The van der Waals surface area contributed by atoms with E-state index in [4.69, 9.17) is 5.26 Å². The Morgan fingerprint density at radius 1 is 1.10 bits per heavy atom. The van der Waals surface area contributed by atoms with E-state index < -0.39 is 0 Å². The third kappa shape index (κ3) is 2.34. The zero-order valence-corrected chi connectivity index (χ0v) is 11.0. The molecule has 0 aliphatic carbocycles. The van der Waals surface area contributed by atoms with Crippen molar-refractivity contribution in [1.29, 1.82) is 5.26 Å². The molecule has 4 nitrogen and oxygen atoms in total. The van der Waals surface area contributed by atoms with Crippen molar-refractivity contribution in [3.63, 3.8) is 0 Å². The number of nitrogens with zero attached hydrogens (tertiary/aromatic N) is 3. The smallest absolute Gasteiger partial charge is 0.0998 e. The van der Waals surface area contributed by atoms with Crippen LogP contribution in [0.3, 0.4) is 0 Å². The lowest BCUT2D eigenvalue weighted by Gasteiger charge is -2.10. The molecule has 1 heterocycles. The van der Waals surface area contributed by atoms with E-state index in [1.807, 2.05) is 53.3 Å². The zero-order valence-electron chi connectivity index (χ0n) is 11.0. The molecule has 0 fully saturated rings. The van der Waals surface area contributed by atoms with Crippen LogP contribution in [0.5, 0.6) is 0 Å². The number of rotatable bonds is 4. The summed E-state index contributed by atoms with van der Waals surface area (Å²) >= 11 is 0. The maximum Gasteiger partial charge on any atom is 0.0998 e. The molecule has 98 valence electrons. The molecule has 0 saturated carbocycles. The molecule has 0 aliphatic rings. The van der Waals surface area contributed by atoms with Gasteiger partial charge in [0.1, 0.15) is 0 Å². The van der Waals surface area contributed by atoms with Gasteiger partial charge < -0.3 is 5.32 Å². The Bertz CT molecular complexity index is 754. The lowest BCUT2D eigenvalue weighted by atomic mass is 10.0. The number of aromatic nitrogens is 2. The van der Waals surface area contributed by atoms with E-state index in [1.165, 1.54) is 0 Å². The second kappa shape index (κ2) is 5.45. The van der Waals surface area contributed by atoms with Crippen LogP contribution in [0.1, 0.15) is 5.56 Å². The molecule has 0 unspecified atom stereocenters. The first-order valence-corrected chi connectivity index (χ1v) is 6.51. The highest BCUT2D eigenvalue weighted by Gasteiger charge is 2.04. The van der Waals surface area contributed by atoms with Gasteiger partial charge in [0.05, 0.1) is 18.2 Å². The molecule has 0 aliphatic heterocycles. The van der Waals surface area contributed by atoms with Gasteiger partial charge in [-0.3, -0.25) is 4.68 Å². The van der Waals surface area contributed by atoms with Crippen LogP contribution in [-0.2, 0) is 6.54 Å². The first kappa shape index (κ1) is 12.2. The molecule has 4 heteroatoms. The van der Waals surface area contributed by atoms with Crippen molar-refractivity contribution in [1.82, 2.24) is 9.78 Å². The number of benzene rings is 2. The van der Waals surface area contributed by atoms with Crippen molar-refractivity contribution < 1.29 is 0 Å². The minimum Gasteiger partial charge on any atom is -0.383 e. The van der Waals surface area contributed by atoms with Crippen LogP contribution in [0, 0.1) is 11.3 Å². The lowest BCUT2D eigenvalue weighted by Crippen LogP contribution is -2.11. The van der Waals surface area contributed by atoms with Crippen LogP contribution in [0.15, 0.2) is 54.9 Å². The van der Waals surface area contributed by atoms with Crippen molar-refractivity contribution in [3.8, 4) is 6.07 Å². The Balaban J connectivity index is 1.83. The van der Waals surface area contributed by atoms with Crippen LogP contribution in [0.2, 0.25) is 0 Å². The summed E-state index contributed by atoms with van der Waals surface area (Å²) in [7, 11) is 0. The van der Waals surface area contributed by atoms with Crippen LogP contribution in [0.4, 0.5) is 5.69 Å². The molecule has 2 aromatic carbocycles. The van der Waals surface area contributed by atoms with E-state index in [1.54, 1.807) is 6.20 Å². The molecule has 0 atom stereocenters. The summed E-state index contributed by atoms with van der Waals surface area (Å²) < 4.78 is 1.89. The first-order chi connectivity index (χ1) is 9.88. The Labute approximate surface area is 117 Å². The molecule has 0 radical (unpaired) electrons. The van der Waals surface area contributed by atoms with Gasteiger partial charge in [-0.15, -0.1) is 0 Å². The number of hydrogen-bond donors (Lipinski definition) is 1. The largest absolute Gasteiger partial charge is 0.383 e. The van der Waals surface area contributed by atoms with Gasteiger partial charge in [0, 0.05) is 35.4 Å². The standard InChI is InChI=1S/C16H14N4/c17-12-13-6-7-16(15-5-2-1-4-14(13)15)18-9-11-20-10-3-8-19-20/h1-8,10,18H,9,11H2. The number of anilines is 1. The Morgan fingerprint density at radius 2 is 1.95 bits per heavy atom. The summed E-state index contributed by atoms with van der Waals surface area (Å²) in [6.07, 6.45) is 3.72. The zero-order chi connectivity index (χ0) is 13.8. The van der Waals surface area contributed by atoms with Crippen molar-refractivity contribution in [2.24, 2.45) is 0 Å². The molecular weight excluding hydrogens is 248 g/mol. The summed E-state index contributed by atoms with van der Waals surface area (Å²) in [6, 6.07) is 15.9. The summed E-state index contributed by atoms with van der Waals surface area (Å²) in [5, 5.41) is 18.8. The van der Waals surface area contributed by atoms with Gasteiger partial charge in [0.25, 0.3) is 0 Å². The van der Waals surface area contributed by atoms with Gasteiger partial charge in [0.2, 0.25) is 0 Å². The lowest BCUT2D eigenvalue weighted by molar-refractivity contribution is 0.638. The molecule has 0 spiro atoms. The average molecular weight is 262 g/mol. The van der Waals surface area contributed by atoms with E-state index >= 15 is 0 Å². The molecular formula is C16H14N4. The maximum atomic E-state index is 9.15. The molecule has 3 aromatic rings. The SMILES string of the molecule is N#Cc1ccc(NCCn2cccn2)c2ccccc12. The van der Waals surface area contributed by atoms with Gasteiger partial charge in [-0.25, -0.2) is 0 Å². The second-order valence-electron chi connectivity index (χ2n) is 4.51. The number of nitrogens with one attached hydrogen (secondary N) is 1. The van der Waals surface area contributed by atoms with E-state index in [0.29, 0.717) is 5.56 Å². The molecule has 3 rings (SSSR count). The van der Waals surface area contributed by atoms with Crippen molar-refractivity contribution in [2.75, 3.05) is 11.9 Å². The topological polar surface area (TPSA) is 53.6 Å². The number of nitriles is 1. The van der Waals surface area contributed by atoms with E-state index in [0.717, 1.165) is 29.5 Å². The van der Waals surface area contributed by atoms with Crippen LogP contribution in [0.25, 0.3) is 10.8 Å². The molecule has 0 saturated heterocycles. The fourth-order valence-electron chi connectivity index (χ4n) is 2.29.